The van der Waals surface area contributed by atoms with Crippen LogP contribution in [0.25, 0.3) is 0 Å². The van der Waals surface area contributed by atoms with Gasteiger partial charge in [0.25, 0.3) is 0 Å². The molecule has 0 atom stereocenters. The molecule has 0 unspecified atom stereocenters. The fraction of sp³-hybridized carbons (Fsp3) is 0.250. The number of hydrogen-bond donors (Lipinski definition) is 2. The first kappa shape index (κ1) is 10.3. The van der Waals surface area contributed by atoms with Crippen LogP contribution in [0, 0.1) is 10.1 Å². The molecule has 0 heterocycles. The smallest absolute Gasteiger partial charge is 0.315 e. The van der Waals surface area contributed by atoms with Crippen molar-refractivity contribution in [1.82, 2.24) is 0 Å². The van der Waals surface area contributed by atoms with Crippen LogP contribution in [0.5, 0.6) is 11.5 Å². The Morgan fingerprint density at radius 1 is 1.57 bits per heavy atom. The molecule has 0 bridgehead atoms. The Balaban J connectivity index is 3.34. The summed E-state index contributed by atoms with van der Waals surface area (Å²) in [5.41, 5.74) is -0.167. The molecule has 0 spiro atoms. The molecule has 6 heteroatoms. The van der Waals surface area contributed by atoms with E-state index in [0.717, 1.165) is 6.07 Å². The van der Waals surface area contributed by atoms with Crippen molar-refractivity contribution >= 4 is 5.69 Å². The normalized spacial score (nSPS) is 9.86. The van der Waals surface area contributed by atoms with E-state index in [9.17, 15) is 15.2 Å². The second-order valence-electron chi connectivity index (χ2n) is 2.58. The summed E-state index contributed by atoms with van der Waals surface area (Å²) >= 11 is 0. The monoisotopic (exact) mass is 199 g/mol. The van der Waals surface area contributed by atoms with E-state index >= 15 is 0 Å². The van der Waals surface area contributed by atoms with Crippen LogP contribution in [0.1, 0.15) is 5.56 Å². The van der Waals surface area contributed by atoms with Gasteiger partial charge in [0.15, 0.2) is 5.75 Å². The number of aromatic hydroxyl groups is 1. The third-order valence-electron chi connectivity index (χ3n) is 1.71. The number of nitrogens with zero attached hydrogens (tertiary/aromatic N) is 1. The van der Waals surface area contributed by atoms with Gasteiger partial charge in [0, 0.05) is 6.07 Å². The van der Waals surface area contributed by atoms with E-state index in [1.807, 2.05) is 0 Å². The third kappa shape index (κ3) is 1.74. The number of nitro benzene ring substituents is 1. The molecule has 0 aliphatic rings. The number of phenolic OH excluding ortho intramolecular Hbond substituents is 1. The fourth-order valence-corrected chi connectivity index (χ4v) is 1.03. The lowest BCUT2D eigenvalue weighted by molar-refractivity contribution is -0.386. The number of methoxy groups -OCH3 is 1. The quantitative estimate of drug-likeness (QED) is 0.554. The van der Waals surface area contributed by atoms with Crippen LogP contribution in [-0.4, -0.2) is 22.2 Å². The van der Waals surface area contributed by atoms with Gasteiger partial charge < -0.3 is 14.9 Å². The van der Waals surface area contributed by atoms with Crippen molar-refractivity contribution in [3.05, 3.63) is 27.8 Å². The van der Waals surface area contributed by atoms with Gasteiger partial charge in [-0.3, -0.25) is 10.1 Å². The van der Waals surface area contributed by atoms with E-state index < -0.39 is 16.4 Å². The highest BCUT2D eigenvalue weighted by Crippen LogP contribution is 2.36. The summed E-state index contributed by atoms with van der Waals surface area (Å²) in [7, 11) is 1.28. The molecule has 1 aromatic carbocycles. The topological polar surface area (TPSA) is 92.8 Å². The van der Waals surface area contributed by atoms with Gasteiger partial charge in [-0.2, -0.15) is 0 Å². The Morgan fingerprint density at radius 2 is 2.21 bits per heavy atom. The molecule has 1 rings (SSSR count). The van der Waals surface area contributed by atoms with Crippen LogP contribution in [0.4, 0.5) is 5.69 Å². The van der Waals surface area contributed by atoms with Gasteiger partial charge in [-0.15, -0.1) is 0 Å². The highest BCUT2D eigenvalue weighted by molar-refractivity contribution is 5.56. The van der Waals surface area contributed by atoms with Crippen molar-refractivity contribution in [2.75, 3.05) is 7.11 Å². The molecule has 0 saturated carbocycles. The molecule has 1 aromatic rings. The number of ether oxygens (including phenoxy) is 1. The van der Waals surface area contributed by atoms with E-state index in [4.69, 9.17) is 9.84 Å². The minimum absolute atomic E-state index is 0.0248. The summed E-state index contributed by atoms with van der Waals surface area (Å²) in [5, 5.41) is 28.6. The van der Waals surface area contributed by atoms with E-state index in [1.165, 1.54) is 13.2 Å². The van der Waals surface area contributed by atoms with Crippen molar-refractivity contribution in [1.29, 1.82) is 0 Å². The number of nitro groups is 1. The highest BCUT2D eigenvalue weighted by Gasteiger charge is 2.19. The number of aliphatic hydroxyl groups excluding tert-OH is 1. The molecule has 14 heavy (non-hydrogen) atoms. The van der Waals surface area contributed by atoms with Crippen molar-refractivity contribution in [2.24, 2.45) is 0 Å². The lowest BCUT2D eigenvalue weighted by Gasteiger charge is -2.05. The van der Waals surface area contributed by atoms with Gasteiger partial charge >= 0.3 is 5.69 Å². The first-order valence-corrected chi connectivity index (χ1v) is 3.75. The Bertz CT molecular complexity index is 363. The largest absolute Gasteiger partial charge is 0.500 e. The van der Waals surface area contributed by atoms with E-state index in [2.05, 4.69) is 0 Å². The van der Waals surface area contributed by atoms with Crippen LogP contribution >= 0.6 is 0 Å². The van der Waals surface area contributed by atoms with Gasteiger partial charge in [0.2, 0.25) is 5.75 Å². The van der Waals surface area contributed by atoms with Gasteiger partial charge in [-0.05, 0) is 11.6 Å². The Kier molecular flexibility index (Phi) is 2.88. The summed E-state index contributed by atoms with van der Waals surface area (Å²) in [4.78, 5) is 9.73. The minimum atomic E-state index is -0.739. The highest BCUT2D eigenvalue weighted by atomic mass is 16.6. The molecule has 0 aliphatic heterocycles. The van der Waals surface area contributed by atoms with E-state index in [0.29, 0.717) is 5.56 Å². The van der Waals surface area contributed by atoms with Crippen LogP contribution in [0.3, 0.4) is 0 Å². The standard InChI is InChI=1S/C8H9NO5/c1-14-7-3-5(4-10)2-6(8(7)11)9(12)13/h2-3,10-11H,4H2,1H3. The van der Waals surface area contributed by atoms with E-state index in [1.54, 1.807) is 0 Å². The molecule has 2 N–H and O–H groups in total. The maximum atomic E-state index is 10.5. The second kappa shape index (κ2) is 3.93. The zero-order valence-corrected chi connectivity index (χ0v) is 7.43. The molecule has 0 fully saturated rings. The molecule has 0 aromatic heterocycles. The predicted octanol–water partition coefficient (Wildman–Crippen LogP) is 0.801. The summed E-state index contributed by atoms with van der Waals surface area (Å²) in [6, 6.07) is 2.43. The SMILES string of the molecule is COc1cc(CO)cc([N+](=O)[O-])c1O. The molecular weight excluding hydrogens is 190 g/mol. The summed E-state index contributed by atoms with van der Waals surface area (Å²) < 4.78 is 4.71. The van der Waals surface area contributed by atoms with Crippen LogP contribution in [0.2, 0.25) is 0 Å². The third-order valence-corrected chi connectivity index (χ3v) is 1.71. The first-order valence-electron chi connectivity index (χ1n) is 3.75. The van der Waals surface area contributed by atoms with Gasteiger partial charge in [-0.1, -0.05) is 0 Å². The molecule has 6 nitrogen and oxygen atoms in total. The van der Waals surface area contributed by atoms with Gasteiger partial charge in [0.1, 0.15) is 0 Å². The van der Waals surface area contributed by atoms with Crippen molar-refractivity contribution in [3.63, 3.8) is 0 Å². The number of benzene rings is 1. The number of hydrogen-bond acceptors (Lipinski definition) is 5. The molecular formula is C8H9NO5. The summed E-state index contributed by atoms with van der Waals surface area (Å²) in [6.07, 6.45) is 0. The Morgan fingerprint density at radius 3 is 2.64 bits per heavy atom. The number of phenols is 1. The maximum absolute atomic E-state index is 10.5. The second-order valence-corrected chi connectivity index (χ2v) is 2.58. The van der Waals surface area contributed by atoms with Gasteiger partial charge in [-0.25, -0.2) is 0 Å². The lowest BCUT2D eigenvalue weighted by atomic mass is 10.2. The maximum Gasteiger partial charge on any atom is 0.315 e. The number of aliphatic hydroxyl groups is 1. The molecule has 0 saturated heterocycles. The van der Waals surface area contributed by atoms with Crippen LogP contribution < -0.4 is 4.74 Å². The predicted molar refractivity (Wildman–Crippen MR) is 47.2 cm³/mol. The molecule has 0 aliphatic carbocycles. The summed E-state index contributed by atoms with van der Waals surface area (Å²) in [6.45, 7) is -0.350. The minimum Gasteiger partial charge on any atom is -0.500 e. The molecule has 0 amide bonds. The zero-order valence-electron chi connectivity index (χ0n) is 7.43. The summed E-state index contributed by atoms with van der Waals surface area (Å²) in [5.74, 6) is -0.557. The van der Waals surface area contributed by atoms with Crippen LogP contribution in [-0.2, 0) is 6.61 Å². The van der Waals surface area contributed by atoms with Gasteiger partial charge in [0.05, 0.1) is 18.6 Å². The Hall–Kier alpha value is -1.82. The van der Waals surface area contributed by atoms with Crippen molar-refractivity contribution < 1.29 is 19.9 Å². The molecule has 76 valence electrons. The molecule has 0 radical (unpaired) electrons. The number of rotatable bonds is 3. The van der Waals surface area contributed by atoms with E-state index in [-0.39, 0.29) is 12.4 Å². The first-order chi connectivity index (χ1) is 6.60. The average molecular weight is 199 g/mol. The average Bonchev–Trinajstić information content (AvgIpc) is 2.17. The Labute approximate surface area is 79.5 Å². The lowest BCUT2D eigenvalue weighted by Crippen LogP contribution is -1.94. The van der Waals surface area contributed by atoms with Crippen LogP contribution in [0.15, 0.2) is 12.1 Å². The van der Waals surface area contributed by atoms with Crippen molar-refractivity contribution in [2.45, 2.75) is 6.61 Å². The zero-order chi connectivity index (χ0) is 10.7. The fourth-order valence-electron chi connectivity index (χ4n) is 1.03. The van der Waals surface area contributed by atoms with Crippen molar-refractivity contribution in [3.8, 4) is 11.5 Å².